The summed E-state index contributed by atoms with van der Waals surface area (Å²) in [6.07, 6.45) is 1.85. The SMILES string of the molecule is CC=C(CC)c1nc2cc(C)c(C(OC(C)(C)C)C(=O)O)c(-c3ccc(Cl)cc3)c2s1. The lowest BCUT2D eigenvalue weighted by atomic mass is 9.91. The second kappa shape index (κ2) is 9.11. The predicted octanol–water partition coefficient (Wildman–Crippen LogP) is 7.68. The lowest BCUT2D eigenvalue weighted by Gasteiger charge is -2.28. The van der Waals surface area contributed by atoms with Crippen LogP contribution >= 0.6 is 22.9 Å². The molecule has 0 bridgehead atoms. The molecule has 0 radical (unpaired) electrons. The average molecular weight is 458 g/mol. The fourth-order valence-electron chi connectivity index (χ4n) is 3.65. The maximum absolute atomic E-state index is 12.3. The van der Waals surface area contributed by atoms with Crippen molar-refractivity contribution in [3.63, 3.8) is 0 Å². The molecule has 1 unspecified atom stereocenters. The van der Waals surface area contributed by atoms with Gasteiger partial charge in [-0.05, 0) is 75.9 Å². The minimum atomic E-state index is -1.10. The van der Waals surface area contributed by atoms with Crippen LogP contribution in [-0.4, -0.2) is 21.7 Å². The highest BCUT2D eigenvalue weighted by molar-refractivity contribution is 7.20. The van der Waals surface area contributed by atoms with E-state index in [9.17, 15) is 9.90 Å². The van der Waals surface area contributed by atoms with E-state index in [2.05, 4.69) is 13.0 Å². The van der Waals surface area contributed by atoms with Crippen molar-refractivity contribution < 1.29 is 14.6 Å². The van der Waals surface area contributed by atoms with Gasteiger partial charge in [0.1, 0.15) is 5.01 Å². The number of halogens is 1. The van der Waals surface area contributed by atoms with Gasteiger partial charge in [-0.2, -0.15) is 0 Å². The third kappa shape index (κ3) is 5.00. The Kier molecular flexibility index (Phi) is 6.89. The number of allylic oxidation sites excluding steroid dienone is 2. The molecular weight excluding hydrogens is 430 g/mol. The van der Waals surface area contributed by atoms with E-state index >= 15 is 0 Å². The molecule has 0 aliphatic carbocycles. The first-order valence-corrected chi connectivity index (χ1v) is 11.5. The topological polar surface area (TPSA) is 59.4 Å². The van der Waals surface area contributed by atoms with Crippen LogP contribution in [0.5, 0.6) is 0 Å². The molecule has 0 aliphatic rings. The summed E-state index contributed by atoms with van der Waals surface area (Å²) in [6, 6.07) is 9.45. The molecule has 1 atom stereocenters. The number of hydrogen-bond donors (Lipinski definition) is 1. The van der Waals surface area contributed by atoms with Gasteiger partial charge in [0.25, 0.3) is 0 Å². The third-order valence-corrected chi connectivity index (χ3v) is 6.44. The Morgan fingerprint density at radius 3 is 2.45 bits per heavy atom. The van der Waals surface area contributed by atoms with Crippen molar-refractivity contribution in [1.82, 2.24) is 4.98 Å². The zero-order chi connectivity index (χ0) is 22.9. The Morgan fingerprint density at radius 2 is 1.94 bits per heavy atom. The summed E-state index contributed by atoms with van der Waals surface area (Å²) in [5.74, 6) is -1.01. The van der Waals surface area contributed by atoms with E-state index in [1.807, 2.05) is 65.0 Å². The molecule has 0 saturated heterocycles. The van der Waals surface area contributed by atoms with Crippen LogP contribution in [0, 0.1) is 6.92 Å². The smallest absolute Gasteiger partial charge is 0.337 e. The van der Waals surface area contributed by atoms with Crippen molar-refractivity contribution in [2.75, 3.05) is 0 Å². The molecule has 4 nitrogen and oxygen atoms in total. The van der Waals surface area contributed by atoms with E-state index in [0.29, 0.717) is 10.6 Å². The van der Waals surface area contributed by atoms with Crippen molar-refractivity contribution in [3.05, 3.63) is 57.6 Å². The van der Waals surface area contributed by atoms with E-state index in [1.165, 1.54) is 5.57 Å². The van der Waals surface area contributed by atoms with Gasteiger partial charge in [0.15, 0.2) is 6.10 Å². The van der Waals surface area contributed by atoms with Crippen molar-refractivity contribution in [1.29, 1.82) is 0 Å². The standard InChI is InChI=1S/C25H28ClNO3S/c1-7-15(8-2)23-27-18-13-14(3)19(21(24(28)29)30-25(4,5)6)20(22(18)31-23)16-9-11-17(26)12-10-16/h7,9-13,21H,8H2,1-6H3,(H,28,29). The minimum absolute atomic E-state index is 0.624. The van der Waals surface area contributed by atoms with Crippen LogP contribution in [0.2, 0.25) is 5.02 Å². The van der Waals surface area contributed by atoms with E-state index in [1.54, 1.807) is 11.3 Å². The number of rotatable bonds is 6. The van der Waals surface area contributed by atoms with Gasteiger partial charge in [0, 0.05) is 16.1 Å². The van der Waals surface area contributed by atoms with Crippen LogP contribution in [0.25, 0.3) is 26.9 Å². The number of thiazole rings is 1. The number of carboxylic acid groups (broad SMARTS) is 1. The van der Waals surface area contributed by atoms with Crippen LogP contribution in [0.4, 0.5) is 0 Å². The summed E-state index contributed by atoms with van der Waals surface area (Å²) in [6.45, 7) is 11.6. The number of benzene rings is 2. The Labute approximate surface area is 192 Å². The van der Waals surface area contributed by atoms with Gasteiger partial charge >= 0.3 is 5.97 Å². The van der Waals surface area contributed by atoms with Gasteiger partial charge in [-0.3, -0.25) is 0 Å². The zero-order valence-corrected chi connectivity index (χ0v) is 20.3. The van der Waals surface area contributed by atoms with Crippen molar-refractivity contribution in [2.45, 2.75) is 59.7 Å². The average Bonchev–Trinajstić information content (AvgIpc) is 3.09. The Morgan fingerprint density at radius 1 is 1.29 bits per heavy atom. The van der Waals surface area contributed by atoms with Gasteiger partial charge in [0.2, 0.25) is 0 Å². The van der Waals surface area contributed by atoms with Gasteiger partial charge < -0.3 is 9.84 Å². The van der Waals surface area contributed by atoms with E-state index in [-0.39, 0.29) is 0 Å². The minimum Gasteiger partial charge on any atom is -0.479 e. The number of ether oxygens (including phenoxy) is 1. The van der Waals surface area contributed by atoms with Crippen LogP contribution < -0.4 is 0 Å². The Hall–Kier alpha value is -2.21. The fraction of sp³-hybridized carbons (Fsp3) is 0.360. The molecule has 2 aromatic carbocycles. The highest BCUT2D eigenvalue weighted by Crippen LogP contribution is 2.43. The maximum Gasteiger partial charge on any atom is 0.337 e. The summed E-state index contributed by atoms with van der Waals surface area (Å²) in [5, 5.41) is 11.7. The van der Waals surface area contributed by atoms with E-state index in [0.717, 1.165) is 38.3 Å². The summed E-state index contributed by atoms with van der Waals surface area (Å²) in [5.41, 5.74) is 4.64. The number of fused-ring (bicyclic) bond motifs is 1. The lowest BCUT2D eigenvalue weighted by Crippen LogP contribution is -2.28. The summed E-state index contributed by atoms with van der Waals surface area (Å²) >= 11 is 7.73. The number of hydrogen-bond acceptors (Lipinski definition) is 4. The zero-order valence-electron chi connectivity index (χ0n) is 18.7. The normalized spacial score (nSPS) is 13.6. The maximum atomic E-state index is 12.3. The number of carbonyl (C=O) groups is 1. The number of nitrogens with zero attached hydrogens (tertiary/aromatic N) is 1. The molecule has 164 valence electrons. The molecule has 31 heavy (non-hydrogen) atoms. The highest BCUT2D eigenvalue weighted by Gasteiger charge is 2.32. The molecule has 1 aromatic heterocycles. The molecule has 0 spiro atoms. The second-order valence-corrected chi connectivity index (χ2v) is 9.91. The molecular formula is C25H28ClNO3S. The van der Waals surface area contributed by atoms with Gasteiger partial charge in [-0.25, -0.2) is 9.78 Å². The van der Waals surface area contributed by atoms with E-state index < -0.39 is 17.7 Å². The first-order valence-electron chi connectivity index (χ1n) is 10.3. The summed E-state index contributed by atoms with van der Waals surface area (Å²) in [7, 11) is 0. The Bertz CT molecular complexity index is 1140. The fourth-order valence-corrected chi connectivity index (χ4v) is 5.05. The highest BCUT2D eigenvalue weighted by atomic mass is 35.5. The number of aliphatic carboxylic acids is 1. The molecule has 1 heterocycles. The molecule has 3 aromatic rings. The number of aromatic nitrogens is 1. The molecule has 3 rings (SSSR count). The lowest BCUT2D eigenvalue weighted by molar-refractivity contribution is -0.160. The van der Waals surface area contributed by atoms with Crippen LogP contribution in [-0.2, 0) is 9.53 Å². The largest absolute Gasteiger partial charge is 0.479 e. The summed E-state index contributed by atoms with van der Waals surface area (Å²) < 4.78 is 7.00. The van der Waals surface area contributed by atoms with Crippen molar-refractivity contribution >= 4 is 44.7 Å². The monoisotopic (exact) mass is 457 g/mol. The molecule has 0 amide bonds. The van der Waals surface area contributed by atoms with E-state index in [4.69, 9.17) is 21.3 Å². The molecule has 0 fully saturated rings. The van der Waals surface area contributed by atoms with Crippen molar-refractivity contribution in [3.8, 4) is 11.1 Å². The molecule has 1 N–H and O–H groups in total. The quantitative estimate of drug-likeness (QED) is 0.412. The van der Waals surface area contributed by atoms with Crippen molar-refractivity contribution in [2.24, 2.45) is 0 Å². The Balaban J connectivity index is 2.39. The number of aryl methyl sites for hydroxylation is 1. The van der Waals surface area contributed by atoms with Crippen LogP contribution in [0.1, 0.15) is 63.3 Å². The van der Waals surface area contributed by atoms with Gasteiger partial charge in [-0.15, -0.1) is 11.3 Å². The first kappa shape index (κ1) is 23.5. The van der Waals surface area contributed by atoms with Crippen LogP contribution in [0.3, 0.4) is 0 Å². The number of carboxylic acids is 1. The van der Waals surface area contributed by atoms with Gasteiger partial charge in [0.05, 0.1) is 15.8 Å². The summed E-state index contributed by atoms with van der Waals surface area (Å²) in [4.78, 5) is 17.2. The van der Waals surface area contributed by atoms with Gasteiger partial charge in [-0.1, -0.05) is 36.7 Å². The van der Waals surface area contributed by atoms with Crippen LogP contribution in [0.15, 0.2) is 36.4 Å². The second-order valence-electron chi connectivity index (χ2n) is 8.47. The molecule has 0 aliphatic heterocycles. The first-order chi connectivity index (χ1) is 14.6. The molecule has 6 heteroatoms. The molecule has 0 saturated carbocycles. The third-order valence-electron chi connectivity index (χ3n) is 5.02. The predicted molar refractivity (Wildman–Crippen MR) is 130 cm³/mol.